The molecule has 1 amide bonds. The van der Waals surface area contributed by atoms with Crippen LogP contribution in [0.15, 0.2) is 41.1 Å². The van der Waals surface area contributed by atoms with E-state index >= 15 is 0 Å². The molecule has 1 aromatic carbocycles. The quantitative estimate of drug-likeness (QED) is 0.917. The van der Waals surface area contributed by atoms with E-state index in [0.29, 0.717) is 13.1 Å². The Labute approximate surface area is 140 Å². The summed E-state index contributed by atoms with van der Waals surface area (Å²) in [7, 11) is 0. The number of carbonyl (C=O) groups is 1. The van der Waals surface area contributed by atoms with Crippen molar-refractivity contribution in [2.24, 2.45) is 0 Å². The molecule has 4 nitrogen and oxygen atoms in total. The fourth-order valence-electron chi connectivity index (χ4n) is 3.66. The highest BCUT2D eigenvalue weighted by Crippen LogP contribution is 2.25. The average Bonchev–Trinajstić information content (AvgIpc) is 3.23. The standard InChI is InChI=1S/C18H20N2O2S/c21-17-11-20(18(22)15-6-8-23-12-15)10-16(17)19-7-5-13-3-1-2-4-14(13)9-19/h1-4,6,8,12,16-17,21H,5,7,9-11H2/t16-,17-/m1/s1. The Balaban J connectivity index is 1.47. The molecular weight excluding hydrogens is 308 g/mol. The molecule has 120 valence electrons. The molecule has 0 spiro atoms. The van der Waals surface area contributed by atoms with Gasteiger partial charge in [0.15, 0.2) is 0 Å². The Bertz CT molecular complexity index is 701. The van der Waals surface area contributed by atoms with E-state index in [0.717, 1.165) is 25.1 Å². The monoisotopic (exact) mass is 328 g/mol. The molecule has 0 aliphatic carbocycles. The second kappa shape index (κ2) is 6.07. The van der Waals surface area contributed by atoms with Gasteiger partial charge in [0.1, 0.15) is 0 Å². The number of nitrogens with zero attached hydrogens (tertiary/aromatic N) is 2. The van der Waals surface area contributed by atoms with Crippen molar-refractivity contribution in [3.05, 3.63) is 57.8 Å². The normalized spacial score (nSPS) is 24.7. The minimum atomic E-state index is -0.470. The van der Waals surface area contributed by atoms with Crippen molar-refractivity contribution < 1.29 is 9.90 Å². The van der Waals surface area contributed by atoms with Crippen LogP contribution in [0.5, 0.6) is 0 Å². The molecule has 23 heavy (non-hydrogen) atoms. The maximum Gasteiger partial charge on any atom is 0.254 e. The van der Waals surface area contributed by atoms with E-state index < -0.39 is 6.10 Å². The van der Waals surface area contributed by atoms with Crippen LogP contribution in [-0.2, 0) is 13.0 Å². The molecule has 1 N–H and O–H groups in total. The molecule has 1 saturated heterocycles. The number of hydrogen-bond acceptors (Lipinski definition) is 4. The van der Waals surface area contributed by atoms with Gasteiger partial charge in [-0.3, -0.25) is 9.69 Å². The number of thiophene rings is 1. The second-order valence-electron chi connectivity index (χ2n) is 6.35. The summed E-state index contributed by atoms with van der Waals surface area (Å²) in [5.74, 6) is 0.0326. The zero-order valence-electron chi connectivity index (χ0n) is 12.9. The molecule has 0 bridgehead atoms. The van der Waals surface area contributed by atoms with Gasteiger partial charge in [-0.15, -0.1) is 0 Å². The zero-order chi connectivity index (χ0) is 15.8. The molecule has 5 heteroatoms. The van der Waals surface area contributed by atoms with Crippen LogP contribution in [0, 0.1) is 0 Å². The number of likely N-dealkylation sites (tertiary alicyclic amines) is 1. The highest BCUT2D eigenvalue weighted by atomic mass is 32.1. The van der Waals surface area contributed by atoms with E-state index in [1.807, 2.05) is 16.8 Å². The lowest BCUT2D eigenvalue weighted by atomic mass is 9.98. The SMILES string of the molecule is O=C(c1ccsc1)N1C[C@@H](O)[C@H](N2CCc3ccccc3C2)C1. The summed E-state index contributed by atoms with van der Waals surface area (Å²) >= 11 is 1.53. The van der Waals surface area contributed by atoms with E-state index in [2.05, 4.69) is 29.2 Å². The van der Waals surface area contributed by atoms with Gasteiger partial charge in [-0.25, -0.2) is 0 Å². The van der Waals surface area contributed by atoms with E-state index in [-0.39, 0.29) is 11.9 Å². The number of amides is 1. The Hall–Kier alpha value is -1.69. The van der Waals surface area contributed by atoms with Crippen LogP contribution in [0.2, 0.25) is 0 Å². The number of fused-ring (bicyclic) bond motifs is 1. The number of benzene rings is 1. The topological polar surface area (TPSA) is 43.8 Å². The van der Waals surface area contributed by atoms with Crippen LogP contribution in [0.4, 0.5) is 0 Å². The summed E-state index contributed by atoms with van der Waals surface area (Å²) < 4.78 is 0. The second-order valence-corrected chi connectivity index (χ2v) is 7.13. The number of rotatable bonds is 2. The first kappa shape index (κ1) is 14.9. The summed E-state index contributed by atoms with van der Waals surface area (Å²) in [6.07, 6.45) is 0.542. The Morgan fingerprint density at radius 2 is 2.00 bits per heavy atom. The number of carbonyl (C=O) groups excluding carboxylic acids is 1. The van der Waals surface area contributed by atoms with Crippen LogP contribution in [0.3, 0.4) is 0 Å². The van der Waals surface area contributed by atoms with Gasteiger partial charge in [-0.2, -0.15) is 11.3 Å². The van der Waals surface area contributed by atoms with Crippen LogP contribution in [0.25, 0.3) is 0 Å². The van der Waals surface area contributed by atoms with Crippen molar-refractivity contribution in [1.29, 1.82) is 0 Å². The number of aliphatic hydroxyl groups excluding tert-OH is 1. The van der Waals surface area contributed by atoms with Crippen molar-refractivity contribution >= 4 is 17.2 Å². The van der Waals surface area contributed by atoms with Gasteiger partial charge < -0.3 is 10.0 Å². The van der Waals surface area contributed by atoms with Crippen LogP contribution in [0.1, 0.15) is 21.5 Å². The third-order valence-corrected chi connectivity index (χ3v) is 5.63. The molecule has 0 saturated carbocycles. The predicted octanol–water partition coefficient (Wildman–Crippen LogP) is 1.99. The van der Waals surface area contributed by atoms with E-state index in [9.17, 15) is 9.90 Å². The molecule has 2 aromatic rings. The minimum absolute atomic E-state index is 0.0326. The smallest absolute Gasteiger partial charge is 0.254 e. The largest absolute Gasteiger partial charge is 0.390 e. The maximum atomic E-state index is 12.5. The van der Waals surface area contributed by atoms with Crippen molar-refractivity contribution in [3.63, 3.8) is 0 Å². The lowest BCUT2D eigenvalue weighted by Gasteiger charge is -2.34. The zero-order valence-corrected chi connectivity index (χ0v) is 13.7. The Morgan fingerprint density at radius 1 is 1.17 bits per heavy atom. The molecule has 2 atom stereocenters. The molecule has 3 heterocycles. The summed E-state index contributed by atoms with van der Waals surface area (Å²) in [6, 6.07) is 10.4. The maximum absolute atomic E-state index is 12.5. The summed E-state index contributed by atoms with van der Waals surface area (Å²) in [4.78, 5) is 16.6. The summed E-state index contributed by atoms with van der Waals surface area (Å²) in [6.45, 7) is 2.84. The van der Waals surface area contributed by atoms with Gasteiger partial charge in [0.05, 0.1) is 17.7 Å². The molecule has 0 unspecified atom stereocenters. The molecular formula is C18H20N2O2S. The molecule has 1 aromatic heterocycles. The van der Waals surface area contributed by atoms with E-state index in [4.69, 9.17) is 0 Å². The fourth-order valence-corrected chi connectivity index (χ4v) is 4.29. The van der Waals surface area contributed by atoms with Gasteiger partial charge in [0.25, 0.3) is 5.91 Å². The fraction of sp³-hybridized carbons (Fsp3) is 0.389. The third-order valence-electron chi connectivity index (χ3n) is 4.94. The van der Waals surface area contributed by atoms with Gasteiger partial charge >= 0.3 is 0 Å². The van der Waals surface area contributed by atoms with E-state index in [1.165, 1.54) is 22.5 Å². The lowest BCUT2D eigenvalue weighted by molar-refractivity contribution is 0.0735. The molecule has 0 radical (unpaired) electrons. The molecule has 1 fully saturated rings. The lowest BCUT2D eigenvalue weighted by Crippen LogP contribution is -2.45. The summed E-state index contributed by atoms with van der Waals surface area (Å²) in [5, 5.41) is 14.3. The number of β-amino-alcohol motifs (C(OH)–C–C–N with tert-alkyl or cyclic N) is 1. The van der Waals surface area contributed by atoms with Crippen molar-refractivity contribution in [2.45, 2.75) is 25.1 Å². The third kappa shape index (κ3) is 2.80. The first-order chi connectivity index (χ1) is 11.2. The number of aliphatic hydroxyl groups is 1. The molecule has 2 aliphatic rings. The highest BCUT2D eigenvalue weighted by molar-refractivity contribution is 7.08. The highest BCUT2D eigenvalue weighted by Gasteiger charge is 2.38. The van der Waals surface area contributed by atoms with Crippen molar-refractivity contribution in [3.8, 4) is 0 Å². The van der Waals surface area contributed by atoms with Gasteiger partial charge in [0, 0.05) is 31.6 Å². The molecule has 2 aliphatic heterocycles. The summed E-state index contributed by atoms with van der Waals surface area (Å²) in [5.41, 5.74) is 3.47. The van der Waals surface area contributed by atoms with Crippen LogP contribution in [-0.4, -0.2) is 52.6 Å². The average molecular weight is 328 g/mol. The number of hydrogen-bond donors (Lipinski definition) is 1. The van der Waals surface area contributed by atoms with Gasteiger partial charge in [-0.05, 0) is 29.0 Å². The van der Waals surface area contributed by atoms with Gasteiger partial charge in [0.2, 0.25) is 0 Å². The van der Waals surface area contributed by atoms with Crippen LogP contribution < -0.4 is 0 Å². The van der Waals surface area contributed by atoms with Gasteiger partial charge in [-0.1, -0.05) is 24.3 Å². The van der Waals surface area contributed by atoms with E-state index in [1.54, 1.807) is 4.90 Å². The van der Waals surface area contributed by atoms with Crippen molar-refractivity contribution in [2.75, 3.05) is 19.6 Å². The van der Waals surface area contributed by atoms with Crippen LogP contribution >= 0.6 is 11.3 Å². The Morgan fingerprint density at radius 3 is 2.78 bits per heavy atom. The minimum Gasteiger partial charge on any atom is -0.390 e. The van der Waals surface area contributed by atoms with Crippen molar-refractivity contribution in [1.82, 2.24) is 9.80 Å². The first-order valence-electron chi connectivity index (χ1n) is 8.03. The Kier molecular flexibility index (Phi) is 3.93. The first-order valence-corrected chi connectivity index (χ1v) is 8.97. The molecule has 4 rings (SSSR count). The predicted molar refractivity (Wildman–Crippen MR) is 90.6 cm³/mol.